The van der Waals surface area contributed by atoms with E-state index in [-0.39, 0.29) is 12.0 Å². The van der Waals surface area contributed by atoms with Crippen molar-refractivity contribution >= 4 is 22.7 Å². The Hall–Kier alpha value is -2.76. The maximum absolute atomic E-state index is 5.62. The number of nitrogen functional groups attached to an aromatic ring is 1. The third-order valence-corrected chi connectivity index (χ3v) is 3.86. The summed E-state index contributed by atoms with van der Waals surface area (Å²) >= 11 is 0. The Morgan fingerprint density at radius 1 is 1.17 bits per heavy atom. The van der Waals surface area contributed by atoms with Gasteiger partial charge in [-0.15, -0.1) is 0 Å². The lowest BCUT2D eigenvalue weighted by atomic mass is 10.0. The van der Waals surface area contributed by atoms with Crippen LogP contribution in [0.15, 0.2) is 24.9 Å². The molecule has 3 aromatic heterocycles. The zero-order valence-corrected chi connectivity index (χ0v) is 13.8. The van der Waals surface area contributed by atoms with Gasteiger partial charge in [0.05, 0.1) is 11.4 Å². The number of aromatic nitrogens is 5. The summed E-state index contributed by atoms with van der Waals surface area (Å²) in [5.74, 6) is 1.22. The molecule has 0 bridgehead atoms. The Labute approximate surface area is 135 Å². The fourth-order valence-electron chi connectivity index (χ4n) is 2.79. The minimum absolute atomic E-state index is 0.260. The highest BCUT2D eigenvalue weighted by Gasteiger charge is 2.15. The summed E-state index contributed by atoms with van der Waals surface area (Å²) in [5, 5.41) is 0. The average Bonchev–Trinajstić information content (AvgIpc) is 2.81. The number of rotatable bonds is 3. The second-order valence-corrected chi connectivity index (χ2v) is 5.87. The fraction of sp³-hybridized carbons (Fsp3) is 0.294. The van der Waals surface area contributed by atoms with Gasteiger partial charge in [0, 0.05) is 23.4 Å². The minimum atomic E-state index is 0.260. The van der Waals surface area contributed by atoms with Gasteiger partial charge in [0.25, 0.3) is 0 Å². The monoisotopic (exact) mass is 308 g/mol. The smallest absolute Gasteiger partial charge is 0.220 e. The molecule has 0 aromatic carbocycles. The van der Waals surface area contributed by atoms with E-state index in [1.54, 1.807) is 6.20 Å². The molecule has 0 saturated heterocycles. The molecule has 2 N–H and O–H groups in total. The lowest BCUT2D eigenvalue weighted by Crippen LogP contribution is -2.05. The zero-order valence-electron chi connectivity index (χ0n) is 13.8. The van der Waals surface area contributed by atoms with E-state index in [9.17, 15) is 0 Å². The number of nitrogens with two attached hydrogens (primary N) is 1. The molecule has 0 atom stereocenters. The molecule has 0 aliphatic rings. The van der Waals surface area contributed by atoms with E-state index in [4.69, 9.17) is 10.7 Å². The Morgan fingerprint density at radius 3 is 2.57 bits per heavy atom. The van der Waals surface area contributed by atoms with E-state index in [0.29, 0.717) is 0 Å². The van der Waals surface area contributed by atoms with Gasteiger partial charge in [-0.25, -0.2) is 19.9 Å². The second-order valence-electron chi connectivity index (χ2n) is 5.87. The van der Waals surface area contributed by atoms with Crippen LogP contribution < -0.4 is 5.73 Å². The van der Waals surface area contributed by atoms with Crippen molar-refractivity contribution in [3.05, 3.63) is 47.7 Å². The van der Waals surface area contributed by atoms with Gasteiger partial charge < -0.3 is 10.3 Å². The van der Waals surface area contributed by atoms with Gasteiger partial charge in [-0.05, 0) is 39.8 Å². The molecule has 0 aliphatic heterocycles. The van der Waals surface area contributed by atoms with Crippen LogP contribution in [0.2, 0.25) is 0 Å². The number of fused-ring (bicyclic) bond motifs is 1. The first kappa shape index (κ1) is 15.1. The van der Waals surface area contributed by atoms with Crippen LogP contribution in [-0.2, 0) is 0 Å². The van der Waals surface area contributed by atoms with Gasteiger partial charge >= 0.3 is 0 Å². The summed E-state index contributed by atoms with van der Waals surface area (Å²) in [6.07, 6.45) is 1.69. The number of anilines is 1. The van der Waals surface area contributed by atoms with E-state index in [2.05, 4.69) is 39.9 Å². The van der Waals surface area contributed by atoms with E-state index < -0.39 is 0 Å². The molecule has 3 heterocycles. The van der Waals surface area contributed by atoms with Gasteiger partial charge in [-0.2, -0.15) is 0 Å². The van der Waals surface area contributed by atoms with Crippen LogP contribution in [0.1, 0.15) is 42.7 Å². The number of hydrogen-bond acceptors (Lipinski definition) is 5. The molecule has 0 amide bonds. The SMILES string of the molecule is C=C(c1ccc2nc(C)n(C(C)C)c2n1)c1cnc(N)nc1C. The largest absolute Gasteiger partial charge is 0.368 e. The van der Waals surface area contributed by atoms with Crippen molar-refractivity contribution in [2.45, 2.75) is 33.7 Å². The summed E-state index contributed by atoms with van der Waals surface area (Å²) < 4.78 is 2.12. The van der Waals surface area contributed by atoms with Crippen molar-refractivity contribution in [3.63, 3.8) is 0 Å². The maximum Gasteiger partial charge on any atom is 0.220 e. The maximum atomic E-state index is 5.62. The van der Waals surface area contributed by atoms with Crippen molar-refractivity contribution in [3.8, 4) is 0 Å². The number of aryl methyl sites for hydroxylation is 2. The highest BCUT2D eigenvalue weighted by Crippen LogP contribution is 2.25. The van der Waals surface area contributed by atoms with Gasteiger partial charge in [0.2, 0.25) is 5.95 Å². The van der Waals surface area contributed by atoms with Crippen molar-refractivity contribution in [2.24, 2.45) is 0 Å². The standard InChI is InChI=1S/C17H20N6/c1-9(2)23-12(5)21-15-7-6-14(22-16(15)23)10(3)13-8-19-17(18)20-11(13)4/h6-9H,3H2,1-2,4-5H3,(H2,18,19,20). The molecule has 0 radical (unpaired) electrons. The Bertz CT molecular complexity index is 907. The highest BCUT2D eigenvalue weighted by atomic mass is 15.1. The Kier molecular flexibility index (Phi) is 3.60. The number of nitrogens with zero attached hydrogens (tertiary/aromatic N) is 5. The second kappa shape index (κ2) is 5.46. The molecular formula is C17H20N6. The average molecular weight is 308 g/mol. The summed E-state index contributed by atoms with van der Waals surface area (Å²) in [5.41, 5.74) is 10.6. The molecule has 23 heavy (non-hydrogen) atoms. The Morgan fingerprint density at radius 2 is 1.91 bits per heavy atom. The molecule has 0 aliphatic carbocycles. The third-order valence-electron chi connectivity index (χ3n) is 3.86. The number of hydrogen-bond donors (Lipinski definition) is 1. The molecule has 0 unspecified atom stereocenters. The van der Waals surface area contributed by atoms with Crippen LogP contribution in [0.25, 0.3) is 16.7 Å². The Balaban J connectivity index is 2.13. The van der Waals surface area contributed by atoms with Gasteiger partial charge in [0.1, 0.15) is 11.3 Å². The topological polar surface area (TPSA) is 82.5 Å². The lowest BCUT2D eigenvalue weighted by Gasteiger charge is -2.12. The molecule has 118 valence electrons. The molecule has 3 rings (SSSR count). The van der Waals surface area contributed by atoms with E-state index >= 15 is 0 Å². The van der Waals surface area contributed by atoms with Crippen LogP contribution >= 0.6 is 0 Å². The first-order valence-electron chi connectivity index (χ1n) is 7.53. The zero-order chi connectivity index (χ0) is 16.7. The summed E-state index contributed by atoms with van der Waals surface area (Å²) in [7, 11) is 0. The lowest BCUT2D eigenvalue weighted by molar-refractivity contribution is 0.595. The van der Waals surface area contributed by atoms with E-state index in [1.807, 2.05) is 26.0 Å². The minimum Gasteiger partial charge on any atom is -0.368 e. The van der Waals surface area contributed by atoms with Crippen molar-refractivity contribution in [2.75, 3.05) is 5.73 Å². The molecule has 6 nitrogen and oxygen atoms in total. The molecule has 6 heteroatoms. The number of imidazole rings is 1. The molecule has 3 aromatic rings. The van der Waals surface area contributed by atoms with Crippen LogP contribution in [0, 0.1) is 13.8 Å². The highest BCUT2D eigenvalue weighted by molar-refractivity contribution is 5.81. The molecule has 0 fully saturated rings. The molecule has 0 spiro atoms. The molecule has 0 saturated carbocycles. The normalized spacial score (nSPS) is 11.3. The predicted molar refractivity (Wildman–Crippen MR) is 92.0 cm³/mol. The first-order chi connectivity index (χ1) is 10.9. The molecular weight excluding hydrogens is 288 g/mol. The van der Waals surface area contributed by atoms with Crippen LogP contribution in [-0.4, -0.2) is 24.5 Å². The quantitative estimate of drug-likeness (QED) is 0.804. The van der Waals surface area contributed by atoms with Crippen LogP contribution in [0.5, 0.6) is 0 Å². The van der Waals surface area contributed by atoms with Gasteiger partial charge in [-0.1, -0.05) is 6.58 Å². The van der Waals surface area contributed by atoms with E-state index in [0.717, 1.165) is 39.5 Å². The summed E-state index contributed by atoms with van der Waals surface area (Å²) in [6.45, 7) is 12.3. The van der Waals surface area contributed by atoms with Crippen molar-refractivity contribution in [1.29, 1.82) is 0 Å². The number of pyridine rings is 1. The fourth-order valence-corrected chi connectivity index (χ4v) is 2.79. The van der Waals surface area contributed by atoms with Crippen LogP contribution in [0.4, 0.5) is 5.95 Å². The van der Waals surface area contributed by atoms with E-state index in [1.165, 1.54) is 0 Å². The van der Waals surface area contributed by atoms with Crippen molar-refractivity contribution < 1.29 is 0 Å². The van der Waals surface area contributed by atoms with Crippen LogP contribution in [0.3, 0.4) is 0 Å². The van der Waals surface area contributed by atoms with Gasteiger partial charge in [-0.3, -0.25) is 0 Å². The third kappa shape index (κ3) is 2.56. The summed E-state index contributed by atoms with van der Waals surface area (Å²) in [4.78, 5) is 17.6. The van der Waals surface area contributed by atoms with Gasteiger partial charge in [0.15, 0.2) is 5.65 Å². The van der Waals surface area contributed by atoms with Crippen molar-refractivity contribution in [1.82, 2.24) is 24.5 Å². The summed E-state index contributed by atoms with van der Waals surface area (Å²) in [6, 6.07) is 4.19. The predicted octanol–water partition coefficient (Wildman–Crippen LogP) is 3.06. The first-order valence-corrected chi connectivity index (χ1v) is 7.53.